The lowest BCUT2D eigenvalue weighted by Crippen LogP contribution is -2.36. The molecule has 1 aliphatic rings. The first kappa shape index (κ1) is 17.8. The van der Waals surface area contributed by atoms with Crippen LogP contribution in [0.4, 0.5) is 5.82 Å². The van der Waals surface area contributed by atoms with Crippen molar-refractivity contribution in [2.24, 2.45) is 0 Å². The molecule has 2 heterocycles. The number of thiocarbonyl (C=S) groups is 1. The van der Waals surface area contributed by atoms with Gasteiger partial charge in [-0.05, 0) is 30.7 Å². The van der Waals surface area contributed by atoms with Crippen LogP contribution in [0, 0.1) is 6.92 Å². The highest BCUT2D eigenvalue weighted by Gasteiger charge is 2.33. The van der Waals surface area contributed by atoms with Crippen LogP contribution in [-0.4, -0.2) is 32.7 Å². The van der Waals surface area contributed by atoms with Crippen LogP contribution in [0.15, 0.2) is 44.2 Å². The zero-order valence-corrected chi connectivity index (χ0v) is 16.2. The van der Waals surface area contributed by atoms with Gasteiger partial charge in [0, 0.05) is 10.5 Å². The van der Waals surface area contributed by atoms with Crippen molar-refractivity contribution in [2.75, 3.05) is 11.9 Å². The van der Waals surface area contributed by atoms with E-state index in [1.807, 2.05) is 24.3 Å². The maximum atomic E-state index is 12.5. The predicted molar refractivity (Wildman–Crippen MR) is 104 cm³/mol. The van der Waals surface area contributed by atoms with Crippen LogP contribution in [0.1, 0.15) is 11.3 Å². The number of aromatic nitrogens is 1. The monoisotopic (exact) mass is 437 g/mol. The summed E-state index contributed by atoms with van der Waals surface area (Å²) >= 11 is 9.79. The molecule has 2 amide bonds. The van der Waals surface area contributed by atoms with E-state index in [0.29, 0.717) is 20.8 Å². The van der Waals surface area contributed by atoms with Gasteiger partial charge in [-0.25, -0.2) is 0 Å². The molecule has 0 atom stereocenters. The normalized spacial score (nSPS) is 15.9. The van der Waals surface area contributed by atoms with Gasteiger partial charge in [0.05, 0.1) is 4.91 Å². The molecule has 9 heteroatoms. The van der Waals surface area contributed by atoms with E-state index in [0.717, 1.165) is 10.0 Å². The Balaban J connectivity index is 1.69. The molecular formula is C16H12BrN3O3S2. The van der Waals surface area contributed by atoms with E-state index in [4.69, 9.17) is 16.7 Å². The summed E-state index contributed by atoms with van der Waals surface area (Å²) in [6, 6.07) is 9.15. The highest BCUT2D eigenvalue weighted by Crippen LogP contribution is 2.32. The number of carbonyl (C=O) groups is 2. The third-order valence-electron chi connectivity index (χ3n) is 3.22. The highest BCUT2D eigenvalue weighted by molar-refractivity contribution is 9.10. The summed E-state index contributed by atoms with van der Waals surface area (Å²) in [6.45, 7) is 1.55. The van der Waals surface area contributed by atoms with Gasteiger partial charge in [-0.2, -0.15) is 0 Å². The molecule has 0 radical (unpaired) electrons. The second-order valence-electron chi connectivity index (χ2n) is 5.19. The minimum Gasteiger partial charge on any atom is -0.360 e. The molecule has 0 spiro atoms. The standard InChI is InChI=1S/C16H12BrN3O3S2/c1-9-5-13(19-23-9)18-14(21)8-20-15(22)12(25-16(20)24)7-10-3-2-4-11(17)6-10/h2-7H,8H2,1H3,(H,18,19,21)/b12-7-. The van der Waals surface area contributed by atoms with Gasteiger partial charge in [-0.1, -0.05) is 57.2 Å². The van der Waals surface area contributed by atoms with Crippen molar-refractivity contribution in [3.63, 3.8) is 0 Å². The van der Waals surface area contributed by atoms with Crippen LogP contribution < -0.4 is 5.32 Å². The summed E-state index contributed by atoms with van der Waals surface area (Å²) in [4.78, 5) is 26.4. The van der Waals surface area contributed by atoms with Gasteiger partial charge in [0.25, 0.3) is 5.91 Å². The van der Waals surface area contributed by atoms with Crippen LogP contribution in [0.3, 0.4) is 0 Å². The Bertz CT molecular complexity index is 894. The van der Waals surface area contributed by atoms with Crippen LogP contribution in [0.25, 0.3) is 6.08 Å². The number of amides is 2. The van der Waals surface area contributed by atoms with Crippen molar-refractivity contribution < 1.29 is 14.1 Å². The number of anilines is 1. The van der Waals surface area contributed by atoms with Crippen LogP contribution in [0.5, 0.6) is 0 Å². The number of aryl methyl sites for hydroxylation is 1. The van der Waals surface area contributed by atoms with Crippen molar-refractivity contribution in [3.05, 3.63) is 51.0 Å². The Morgan fingerprint density at radius 1 is 1.48 bits per heavy atom. The number of halogens is 1. The Hall–Kier alpha value is -1.97. The fourth-order valence-corrected chi connectivity index (χ4v) is 3.81. The molecule has 25 heavy (non-hydrogen) atoms. The topological polar surface area (TPSA) is 75.4 Å². The van der Waals surface area contributed by atoms with E-state index in [1.165, 1.54) is 16.7 Å². The number of rotatable bonds is 4. The van der Waals surface area contributed by atoms with Gasteiger partial charge in [-0.3, -0.25) is 14.5 Å². The van der Waals surface area contributed by atoms with Crippen LogP contribution in [0.2, 0.25) is 0 Å². The number of nitrogens with one attached hydrogen (secondary N) is 1. The number of thioether (sulfide) groups is 1. The molecule has 0 aliphatic carbocycles. The van der Waals surface area contributed by atoms with Crippen molar-refractivity contribution in [1.29, 1.82) is 0 Å². The van der Waals surface area contributed by atoms with E-state index in [9.17, 15) is 9.59 Å². The quantitative estimate of drug-likeness (QED) is 0.581. The van der Waals surface area contributed by atoms with Gasteiger partial charge < -0.3 is 9.84 Å². The van der Waals surface area contributed by atoms with Gasteiger partial charge in [0.15, 0.2) is 5.82 Å². The molecule has 1 saturated heterocycles. The van der Waals surface area contributed by atoms with Crippen molar-refractivity contribution in [1.82, 2.24) is 10.1 Å². The third kappa shape index (κ3) is 4.36. The predicted octanol–water partition coefficient (Wildman–Crippen LogP) is 3.59. The summed E-state index contributed by atoms with van der Waals surface area (Å²) < 4.78 is 6.14. The molecule has 1 aliphatic heterocycles. The molecule has 3 rings (SSSR count). The second-order valence-corrected chi connectivity index (χ2v) is 7.79. The maximum Gasteiger partial charge on any atom is 0.266 e. The Morgan fingerprint density at radius 3 is 2.96 bits per heavy atom. The minimum absolute atomic E-state index is 0.174. The highest BCUT2D eigenvalue weighted by atomic mass is 79.9. The second kappa shape index (κ2) is 7.51. The lowest BCUT2D eigenvalue weighted by atomic mass is 10.2. The van der Waals surface area contributed by atoms with Crippen molar-refractivity contribution in [2.45, 2.75) is 6.92 Å². The number of benzene rings is 1. The van der Waals surface area contributed by atoms with Gasteiger partial charge in [0.2, 0.25) is 5.91 Å². The molecule has 0 saturated carbocycles. The molecule has 1 aromatic heterocycles. The SMILES string of the molecule is Cc1cc(NC(=O)CN2C(=O)/C(=C/c3cccc(Br)c3)SC2=S)no1. The zero-order chi connectivity index (χ0) is 18.0. The zero-order valence-electron chi connectivity index (χ0n) is 13.0. The van der Waals surface area contributed by atoms with Gasteiger partial charge in [-0.15, -0.1) is 0 Å². The van der Waals surface area contributed by atoms with E-state index in [2.05, 4.69) is 26.4 Å². The first-order valence-corrected chi connectivity index (χ1v) is 9.18. The lowest BCUT2D eigenvalue weighted by molar-refractivity contribution is -0.126. The molecule has 0 unspecified atom stereocenters. The van der Waals surface area contributed by atoms with Crippen LogP contribution >= 0.6 is 39.9 Å². The summed E-state index contributed by atoms with van der Waals surface area (Å²) in [7, 11) is 0. The summed E-state index contributed by atoms with van der Waals surface area (Å²) in [5.41, 5.74) is 0.873. The number of hydrogen-bond donors (Lipinski definition) is 1. The molecule has 128 valence electrons. The molecule has 6 nitrogen and oxygen atoms in total. The fourth-order valence-electron chi connectivity index (χ4n) is 2.14. The summed E-state index contributed by atoms with van der Waals surface area (Å²) in [6.07, 6.45) is 1.75. The average molecular weight is 438 g/mol. The summed E-state index contributed by atoms with van der Waals surface area (Å²) in [5, 5.41) is 6.25. The molecule has 1 aromatic carbocycles. The van der Waals surface area contributed by atoms with E-state index in [1.54, 1.807) is 19.1 Å². The lowest BCUT2D eigenvalue weighted by Gasteiger charge is -2.13. The molecule has 1 fully saturated rings. The molecular weight excluding hydrogens is 426 g/mol. The number of hydrogen-bond acceptors (Lipinski definition) is 6. The van der Waals surface area contributed by atoms with Gasteiger partial charge >= 0.3 is 0 Å². The average Bonchev–Trinajstić information content (AvgIpc) is 3.06. The Kier molecular flexibility index (Phi) is 5.36. The minimum atomic E-state index is -0.395. The van der Waals surface area contributed by atoms with E-state index < -0.39 is 5.91 Å². The summed E-state index contributed by atoms with van der Waals surface area (Å²) in [5.74, 6) is 0.199. The largest absolute Gasteiger partial charge is 0.360 e. The van der Waals surface area contributed by atoms with E-state index in [-0.39, 0.29) is 12.5 Å². The third-order valence-corrected chi connectivity index (χ3v) is 5.09. The first-order valence-electron chi connectivity index (χ1n) is 7.16. The fraction of sp³-hybridized carbons (Fsp3) is 0.125. The Morgan fingerprint density at radius 2 is 2.28 bits per heavy atom. The molecule has 1 N–H and O–H groups in total. The van der Waals surface area contributed by atoms with Crippen molar-refractivity contribution >= 4 is 67.9 Å². The van der Waals surface area contributed by atoms with Crippen LogP contribution in [-0.2, 0) is 9.59 Å². The number of carbonyl (C=O) groups excluding carboxylic acids is 2. The Labute approximate surface area is 161 Å². The molecule has 2 aromatic rings. The first-order chi connectivity index (χ1) is 11.9. The number of nitrogens with zero attached hydrogens (tertiary/aromatic N) is 2. The van der Waals surface area contributed by atoms with E-state index >= 15 is 0 Å². The smallest absolute Gasteiger partial charge is 0.266 e. The van der Waals surface area contributed by atoms with Gasteiger partial charge in [0.1, 0.15) is 16.6 Å². The molecule has 0 bridgehead atoms. The maximum absolute atomic E-state index is 12.5. The van der Waals surface area contributed by atoms with Crippen molar-refractivity contribution in [3.8, 4) is 0 Å².